The summed E-state index contributed by atoms with van der Waals surface area (Å²) in [5.74, 6) is 1.04. The number of para-hydroxylation sites is 2. The van der Waals surface area contributed by atoms with Crippen molar-refractivity contribution in [1.29, 1.82) is 0 Å². The van der Waals surface area contributed by atoms with Gasteiger partial charge in [0.2, 0.25) is 0 Å². The average Bonchev–Trinajstić information content (AvgIpc) is 2.86. The summed E-state index contributed by atoms with van der Waals surface area (Å²) in [6, 6.07) is 11.2. The molecule has 21 heavy (non-hydrogen) atoms. The molecule has 0 fully saturated rings. The van der Waals surface area contributed by atoms with Gasteiger partial charge in [-0.2, -0.15) is 0 Å². The molecule has 1 aromatic carbocycles. The van der Waals surface area contributed by atoms with Crippen LogP contribution in [0.1, 0.15) is 12.7 Å². The third kappa shape index (κ3) is 2.54. The quantitative estimate of drug-likeness (QED) is 0.796. The first-order chi connectivity index (χ1) is 10.2. The maximum atomic E-state index is 11.8. The number of anilines is 1. The molecule has 0 saturated heterocycles. The first-order valence-electron chi connectivity index (χ1n) is 7.09. The van der Waals surface area contributed by atoms with E-state index in [0.29, 0.717) is 18.8 Å². The molecular weight excluding hydrogens is 264 g/mol. The number of aryl methyl sites for hydroxylation is 3. The summed E-state index contributed by atoms with van der Waals surface area (Å²) in [4.78, 5) is 16.5. The number of hydrogen-bond donors (Lipinski definition) is 1. The number of imidazole rings is 1. The molecule has 5 heteroatoms. The highest BCUT2D eigenvalue weighted by Gasteiger charge is 2.08. The van der Waals surface area contributed by atoms with E-state index >= 15 is 0 Å². The van der Waals surface area contributed by atoms with Crippen LogP contribution in [0.15, 0.2) is 47.4 Å². The summed E-state index contributed by atoms with van der Waals surface area (Å²) in [6.07, 6.45) is 2.55. The smallest absolute Gasteiger partial charge is 0.250 e. The fourth-order valence-corrected chi connectivity index (χ4v) is 2.58. The molecule has 0 spiro atoms. The third-order valence-electron chi connectivity index (χ3n) is 3.62. The zero-order valence-corrected chi connectivity index (χ0v) is 12.0. The number of pyridine rings is 1. The van der Waals surface area contributed by atoms with Gasteiger partial charge in [0.15, 0.2) is 0 Å². The van der Waals surface area contributed by atoms with Gasteiger partial charge in [0.05, 0.1) is 11.0 Å². The van der Waals surface area contributed by atoms with Crippen LogP contribution >= 0.6 is 0 Å². The molecule has 3 rings (SSSR count). The molecule has 108 valence electrons. The van der Waals surface area contributed by atoms with Gasteiger partial charge in [-0.15, -0.1) is 0 Å². The van der Waals surface area contributed by atoms with Crippen molar-refractivity contribution in [1.82, 2.24) is 14.1 Å². The second kappa shape index (κ2) is 5.44. The van der Waals surface area contributed by atoms with E-state index in [2.05, 4.69) is 22.5 Å². The van der Waals surface area contributed by atoms with E-state index < -0.39 is 0 Å². The van der Waals surface area contributed by atoms with Gasteiger partial charge in [-0.25, -0.2) is 4.98 Å². The Morgan fingerprint density at radius 1 is 1.14 bits per heavy atom. The molecule has 5 nitrogen and oxygen atoms in total. The van der Waals surface area contributed by atoms with Crippen LogP contribution in [-0.2, 0) is 19.5 Å². The topological polar surface area (TPSA) is 65.8 Å². The number of nitrogens with two attached hydrogens (primary N) is 1. The van der Waals surface area contributed by atoms with Crippen LogP contribution in [0.5, 0.6) is 0 Å². The molecule has 0 amide bonds. The van der Waals surface area contributed by atoms with Crippen LogP contribution in [0, 0.1) is 0 Å². The molecule has 3 aromatic rings. The highest BCUT2D eigenvalue weighted by Crippen LogP contribution is 2.16. The number of aromatic nitrogens is 3. The Balaban J connectivity index is 1.94. The number of benzene rings is 1. The minimum atomic E-state index is -0.0355. The minimum absolute atomic E-state index is 0.0355. The molecule has 0 radical (unpaired) electrons. The van der Waals surface area contributed by atoms with Crippen molar-refractivity contribution < 1.29 is 0 Å². The highest BCUT2D eigenvalue weighted by atomic mass is 16.1. The van der Waals surface area contributed by atoms with Crippen LogP contribution in [0.2, 0.25) is 0 Å². The van der Waals surface area contributed by atoms with Gasteiger partial charge in [0, 0.05) is 37.5 Å². The second-order valence-corrected chi connectivity index (χ2v) is 5.02. The zero-order valence-electron chi connectivity index (χ0n) is 12.0. The van der Waals surface area contributed by atoms with Crippen molar-refractivity contribution in [3.8, 4) is 0 Å². The normalized spacial score (nSPS) is 11.1. The van der Waals surface area contributed by atoms with E-state index in [9.17, 15) is 4.79 Å². The summed E-state index contributed by atoms with van der Waals surface area (Å²) < 4.78 is 3.81. The van der Waals surface area contributed by atoms with E-state index in [1.165, 1.54) is 6.07 Å². The Bertz CT molecular complexity index is 832. The molecule has 2 heterocycles. The van der Waals surface area contributed by atoms with Crippen LogP contribution in [0.3, 0.4) is 0 Å². The molecule has 0 atom stereocenters. The Morgan fingerprint density at radius 2 is 1.95 bits per heavy atom. The Labute approximate surface area is 122 Å². The molecule has 0 bridgehead atoms. The molecular formula is C16H18N4O. The van der Waals surface area contributed by atoms with Gasteiger partial charge in [-0.1, -0.05) is 19.1 Å². The summed E-state index contributed by atoms with van der Waals surface area (Å²) in [5.41, 5.74) is 8.40. The third-order valence-corrected chi connectivity index (χ3v) is 3.62. The van der Waals surface area contributed by atoms with Crippen molar-refractivity contribution in [3.63, 3.8) is 0 Å². The van der Waals surface area contributed by atoms with Gasteiger partial charge >= 0.3 is 0 Å². The van der Waals surface area contributed by atoms with Crippen molar-refractivity contribution in [2.75, 3.05) is 5.73 Å². The van der Waals surface area contributed by atoms with E-state index in [1.807, 2.05) is 18.2 Å². The first-order valence-corrected chi connectivity index (χ1v) is 7.09. The summed E-state index contributed by atoms with van der Waals surface area (Å²) in [6.45, 7) is 3.37. The van der Waals surface area contributed by atoms with E-state index in [-0.39, 0.29) is 5.56 Å². The standard InChI is InChI=1S/C16H18N4O/c1-2-15-18-13-5-3-4-6-14(13)20(15)10-9-19-11-12(17)7-8-16(19)21/h3-8,11H,2,9-10,17H2,1H3. The Kier molecular flexibility index (Phi) is 3.48. The SMILES string of the molecule is CCc1nc2ccccc2n1CCn1cc(N)ccc1=O. The van der Waals surface area contributed by atoms with Crippen LogP contribution < -0.4 is 11.3 Å². The predicted molar refractivity (Wildman–Crippen MR) is 84.2 cm³/mol. The summed E-state index contributed by atoms with van der Waals surface area (Å²) >= 11 is 0. The zero-order chi connectivity index (χ0) is 14.8. The van der Waals surface area contributed by atoms with Crippen molar-refractivity contribution in [2.45, 2.75) is 26.4 Å². The number of hydrogen-bond acceptors (Lipinski definition) is 3. The van der Waals surface area contributed by atoms with Gasteiger partial charge in [-0.3, -0.25) is 4.79 Å². The van der Waals surface area contributed by atoms with E-state index in [4.69, 9.17) is 5.73 Å². The molecule has 0 aliphatic rings. The Hall–Kier alpha value is -2.56. The van der Waals surface area contributed by atoms with Crippen molar-refractivity contribution in [3.05, 3.63) is 58.8 Å². The van der Waals surface area contributed by atoms with Gasteiger partial charge in [-0.05, 0) is 18.2 Å². The maximum Gasteiger partial charge on any atom is 0.250 e. The monoisotopic (exact) mass is 282 g/mol. The number of nitrogen functional groups attached to an aromatic ring is 1. The maximum absolute atomic E-state index is 11.8. The fourth-order valence-electron chi connectivity index (χ4n) is 2.58. The van der Waals surface area contributed by atoms with Gasteiger partial charge in [0.1, 0.15) is 5.82 Å². The minimum Gasteiger partial charge on any atom is -0.398 e. The van der Waals surface area contributed by atoms with Crippen LogP contribution in [0.25, 0.3) is 11.0 Å². The lowest BCUT2D eigenvalue weighted by atomic mass is 10.3. The fraction of sp³-hybridized carbons (Fsp3) is 0.250. The number of rotatable bonds is 4. The summed E-state index contributed by atoms with van der Waals surface area (Å²) in [7, 11) is 0. The van der Waals surface area contributed by atoms with Crippen molar-refractivity contribution in [2.24, 2.45) is 0 Å². The molecule has 2 N–H and O–H groups in total. The number of nitrogens with zero attached hydrogens (tertiary/aromatic N) is 3. The van der Waals surface area contributed by atoms with Crippen LogP contribution in [-0.4, -0.2) is 14.1 Å². The van der Waals surface area contributed by atoms with Crippen LogP contribution in [0.4, 0.5) is 5.69 Å². The van der Waals surface area contributed by atoms with Gasteiger partial charge in [0.25, 0.3) is 5.56 Å². The molecule has 0 aliphatic heterocycles. The van der Waals surface area contributed by atoms with Gasteiger partial charge < -0.3 is 14.9 Å². The predicted octanol–water partition coefficient (Wildman–Crippen LogP) is 2.04. The largest absolute Gasteiger partial charge is 0.398 e. The molecule has 0 unspecified atom stereocenters. The molecule has 2 aromatic heterocycles. The van der Waals surface area contributed by atoms with E-state index in [1.54, 1.807) is 16.8 Å². The lowest BCUT2D eigenvalue weighted by Crippen LogP contribution is -2.22. The number of fused-ring (bicyclic) bond motifs is 1. The lowest BCUT2D eigenvalue weighted by molar-refractivity contribution is 0.560. The lowest BCUT2D eigenvalue weighted by Gasteiger charge is -2.10. The van der Waals surface area contributed by atoms with E-state index in [0.717, 1.165) is 23.3 Å². The molecule has 0 saturated carbocycles. The Morgan fingerprint density at radius 3 is 2.76 bits per heavy atom. The summed E-state index contributed by atoms with van der Waals surface area (Å²) in [5, 5.41) is 0. The highest BCUT2D eigenvalue weighted by molar-refractivity contribution is 5.75. The average molecular weight is 282 g/mol. The second-order valence-electron chi connectivity index (χ2n) is 5.02. The first kappa shape index (κ1) is 13.4. The molecule has 0 aliphatic carbocycles. The van der Waals surface area contributed by atoms with Crippen molar-refractivity contribution >= 4 is 16.7 Å².